The highest BCUT2D eigenvalue weighted by atomic mass is 32.1. The summed E-state index contributed by atoms with van der Waals surface area (Å²) in [5.74, 6) is -0.178. The number of esters is 1. The number of nitrogens with two attached hydrogens (primary N) is 2. The number of anilines is 2. The lowest BCUT2D eigenvalue weighted by molar-refractivity contribution is 0.0468. The van der Waals surface area contributed by atoms with Gasteiger partial charge in [-0.2, -0.15) is 15.0 Å². The molecule has 1 aliphatic rings. The molecule has 0 spiro atoms. The first-order valence-corrected chi connectivity index (χ1v) is 8.56. The van der Waals surface area contributed by atoms with Crippen molar-refractivity contribution in [2.45, 2.75) is 19.4 Å². The fraction of sp³-hybridized carbons (Fsp3) is 0.176. The minimum Gasteiger partial charge on any atom is -0.453 e. The highest BCUT2D eigenvalue weighted by Gasteiger charge is 2.22. The standard InChI is InChI=1S/C17H15N5O2S/c18-16-20-13(21-17(19)22-16)8-24-15(23)12-7-10-6-5-9-3-1-2-4-11(9)14(10)25-12/h1-4,7H,5-6,8H2,(H4,18,19,20,21,22). The second kappa shape index (κ2) is 6.14. The van der Waals surface area contributed by atoms with Gasteiger partial charge in [0.2, 0.25) is 11.9 Å². The minimum atomic E-state index is -0.408. The number of carbonyl (C=O) groups is 1. The Morgan fingerprint density at radius 2 is 1.80 bits per heavy atom. The van der Waals surface area contributed by atoms with Gasteiger partial charge in [-0.1, -0.05) is 24.3 Å². The predicted octanol–water partition coefficient (Wildman–Crippen LogP) is 2.22. The van der Waals surface area contributed by atoms with E-state index < -0.39 is 5.97 Å². The molecule has 3 aromatic rings. The highest BCUT2D eigenvalue weighted by molar-refractivity contribution is 7.17. The summed E-state index contributed by atoms with van der Waals surface area (Å²) in [6.45, 7) is -0.102. The Hall–Kier alpha value is -3.00. The molecule has 0 bridgehead atoms. The lowest BCUT2D eigenvalue weighted by Gasteiger charge is -2.15. The Bertz CT molecular complexity index is 949. The molecule has 1 aliphatic carbocycles. The van der Waals surface area contributed by atoms with Gasteiger partial charge < -0.3 is 16.2 Å². The van der Waals surface area contributed by atoms with Gasteiger partial charge in [-0.15, -0.1) is 11.3 Å². The van der Waals surface area contributed by atoms with Gasteiger partial charge >= 0.3 is 5.97 Å². The van der Waals surface area contributed by atoms with Crippen LogP contribution in [-0.4, -0.2) is 20.9 Å². The molecule has 8 heteroatoms. The third-order valence-electron chi connectivity index (χ3n) is 3.98. The maximum Gasteiger partial charge on any atom is 0.348 e. The number of nitrogen functional groups attached to an aromatic ring is 2. The highest BCUT2D eigenvalue weighted by Crippen LogP contribution is 2.39. The number of aryl methyl sites for hydroxylation is 2. The van der Waals surface area contributed by atoms with Crippen molar-refractivity contribution >= 4 is 29.2 Å². The van der Waals surface area contributed by atoms with Gasteiger partial charge in [0.05, 0.1) is 0 Å². The van der Waals surface area contributed by atoms with Crippen LogP contribution in [-0.2, 0) is 24.2 Å². The maximum atomic E-state index is 12.4. The molecule has 0 aliphatic heterocycles. The molecule has 0 amide bonds. The fourth-order valence-corrected chi connectivity index (χ4v) is 4.06. The zero-order valence-corrected chi connectivity index (χ0v) is 14.0. The molecule has 0 saturated heterocycles. The molecule has 2 aromatic heterocycles. The van der Waals surface area contributed by atoms with E-state index in [1.165, 1.54) is 28.0 Å². The summed E-state index contributed by atoms with van der Waals surface area (Å²) in [6, 6.07) is 10.2. The van der Waals surface area contributed by atoms with Crippen LogP contribution in [0.4, 0.5) is 11.9 Å². The second-order valence-corrected chi connectivity index (χ2v) is 6.72. The van der Waals surface area contributed by atoms with Crippen molar-refractivity contribution in [2.24, 2.45) is 0 Å². The van der Waals surface area contributed by atoms with Crippen LogP contribution in [0, 0.1) is 0 Å². The Labute approximate surface area is 147 Å². The summed E-state index contributed by atoms with van der Waals surface area (Å²) in [5, 5.41) is 0. The van der Waals surface area contributed by atoms with Crippen LogP contribution in [0.15, 0.2) is 30.3 Å². The number of fused-ring (bicyclic) bond motifs is 3. The summed E-state index contributed by atoms with van der Waals surface area (Å²) in [6.07, 6.45) is 1.91. The Kier molecular flexibility index (Phi) is 3.81. The van der Waals surface area contributed by atoms with Crippen LogP contribution < -0.4 is 11.5 Å². The molecular formula is C17H15N5O2S. The van der Waals surface area contributed by atoms with Crippen LogP contribution in [0.25, 0.3) is 10.4 Å². The van der Waals surface area contributed by atoms with Crippen molar-refractivity contribution < 1.29 is 9.53 Å². The quantitative estimate of drug-likeness (QED) is 0.693. The van der Waals surface area contributed by atoms with Crippen molar-refractivity contribution in [3.63, 3.8) is 0 Å². The van der Waals surface area contributed by atoms with Crippen molar-refractivity contribution in [3.05, 3.63) is 52.2 Å². The van der Waals surface area contributed by atoms with Gasteiger partial charge in [-0.05, 0) is 35.6 Å². The van der Waals surface area contributed by atoms with Crippen molar-refractivity contribution in [3.8, 4) is 10.4 Å². The van der Waals surface area contributed by atoms with Crippen LogP contribution in [0.5, 0.6) is 0 Å². The topological polar surface area (TPSA) is 117 Å². The third-order valence-corrected chi connectivity index (χ3v) is 5.18. The van der Waals surface area contributed by atoms with E-state index in [-0.39, 0.29) is 24.3 Å². The molecule has 4 rings (SSSR count). The van der Waals surface area contributed by atoms with E-state index in [1.54, 1.807) is 0 Å². The monoisotopic (exact) mass is 353 g/mol. The van der Waals surface area contributed by atoms with E-state index in [1.807, 2.05) is 18.2 Å². The zero-order chi connectivity index (χ0) is 17.4. The first kappa shape index (κ1) is 15.5. The smallest absolute Gasteiger partial charge is 0.348 e. The normalized spacial score (nSPS) is 12.3. The third kappa shape index (κ3) is 3.03. The Morgan fingerprint density at radius 1 is 1.08 bits per heavy atom. The number of aromatic nitrogens is 3. The van der Waals surface area contributed by atoms with Gasteiger partial charge in [-0.3, -0.25) is 0 Å². The molecule has 0 fully saturated rings. The van der Waals surface area contributed by atoms with Crippen molar-refractivity contribution in [2.75, 3.05) is 11.5 Å². The summed E-state index contributed by atoms with van der Waals surface area (Å²) < 4.78 is 5.30. The number of thiophene rings is 1. The van der Waals surface area contributed by atoms with Gasteiger partial charge in [0.1, 0.15) is 4.88 Å². The molecule has 0 atom stereocenters. The molecule has 1 aromatic carbocycles. The summed E-state index contributed by atoms with van der Waals surface area (Å²) in [4.78, 5) is 25.6. The largest absolute Gasteiger partial charge is 0.453 e. The van der Waals surface area contributed by atoms with Crippen molar-refractivity contribution in [1.82, 2.24) is 15.0 Å². The van der Waals surface area contributed by atoms with Gasteiger partial charge in [-0.25, -0.2) is 4.79 Å². The summed E-state index contributed by atoms with van der Waals surface area (Å²) in [7, 11) is 0. The Balaban J connectivity index is 1.53. The molecule has 4 N–H and O–H groups in total. The molecule has 0 unspecified atom stereocenters. The van der Waals surface area contributed by atoms with E-state index in [2.05, 4.69) is 27.1 Å². The first-order chi connectivity index (χ1) is 12.1. The van der Waals surface area contributed by atoms with Crippen LogP contribution in [0.1, 0.15) is 26.6 Å². The number of hydrogen-bond acceptors (Lipinski definition) is 8. The first-order valence-electron chi connectivity index (χ1n) is 7.74. The lowest BCUT2D eigenvalue weighted by Crippen LogP contribution is -2.10. The number of rotatable bonds is 3. The maximum absolute atomic E-state index is 12.4. The van der Waals surface area contributed by atoms with Gasteiger partial charge in [0.25, 0.3) is 0 Å². The fourth-order valence-electron chi connectivity index (χ4n) is 2.89. The van der Waals surface area contributed by atoms with E-state index in [0.29, 0.717) is 4.88 Å². The van der Waals surface area contributed by atoms with Crippen LogP contribution >= 0.6 is 11.3 Å². The zero-order valence-electron chi connectivity index (χ0n) is 13.2. The summed E-state index contributed by atoms with van der Waals surface area (Å²) in [5.41, 5.74) is 14.7. The number of nitrogens with zero attached hydrogens (tertiary/aromatic N) is 3. The molecule has 7 nitrogen and oxygen atoms in total. The molecule has 2 heterocycles. The average Bonchev–Trinajstić information content (AvgIpc) is 3.04. The van der Waals surface area contributed by atoms with E-state index in [0.717, 1.165) is 17.7 Å². The molecule has 25 heavy (non-hydrogen) atoms. The predicted molar refractivity (Wildman–Crippen MR) is 94.9 cm³/mol. The van der Waals surface area contributed by atoms with E-state index in [4.69, 9.17) is 16.2 Å². The van der Waals surface area contributed by atoms with Crippen LogP contribution in [0.3, 0.4) is 0 Å². The van der Waals surface area contributed by atoms with Gasteiger partial charge in [0, 0.05) is 4.88 Å². The van der Waals surface area contributed by atoms with Crippen molar-refractivity contribution in [1.29, 1.82) is 0 Å². The van der Waals surface area contributed by atoms with Crippen LogP contribution in [0.2, 0.25) is 0 Å². The number of ether oxygens (including phenoxy) is 1. The Morgan fingerprint density at radius 3 is 2.60 bits per heavy atom. The lowest BCUT2D eigenvalue weighted by atomic mass is 9.91. The van der Waals surface area contributed by atoms with Gasteiger partial charge in [0.15, 0.2) is 12.4 Å². The second-order valence-electron chi connectivity index (χ2n) is 5.67. The summed E-state index contributed by atoms with van der Waals surface area (Å²) >= 11 is 1.45. The molecule has 0 saturated carbocycles. The SMILES string of the molecule is Nc1nc(N)nc(COC(=O)c2cc3c(s2)-c2ccccc2CC3)n1. The minimum absolute atomic E-state index is 0.00161. The van der Waals surface area contributed by atoms with E-state index in [9.17, 15) is 4.79 Å². The van der Waals surface area contributed by atoms with E-state index >= 15 is 0 Å². The molecule has 0 radical (unpaired) electrons. The molecule has 126 valence electrons. The number of carbonyl (C=O) groups excluding carboxylic acids is 1. The number of benzene rings is 1. The average molecular weight is 353 g/mol. The molecular weight excluding hydrogens is 338 g/mol. The number of hydrogen-bond donors (Lipinski definition) is 2.